The Balaban J connectivity index is 2.36. The van der Waals surface area contributed by atoms with E-state index in [1.165, 1.54) is 0 Å². The molecule has 4 heteroatoms. The van der Waals surface area contributed by atoms with Gasteiger partial charge in [-0.05, 0) is 39.2 Å². The smallest absolute Gasteiger partial charge is 0.329 e. The fourth-order valence-electron chi connectivity index (χ4n) is 3.64. The first-order valence-electron chi connectivity index (χ1n) is 9.06. The summed E-state index contributed by atoms with van der Waals surface area (Å²) in [4.78, 5) is 19.2. The largest absolute Gasteiger partial charge is 0.462 e. The van der Waals surface area contributed by atoms with Gasteiger partial charge in [0.05, 0.1) is 5.54 Å². The van der Waals surface area contributed by atoms with Gasteiger partial charge in [-0.2, -0.15) is 5.06 Å². The number of benzene rings is 1. The maximum atomic E-state index is 12.8. The van der Waals surface area contributed by atoms with Gasteiger partial charge >= 0.3 is 5.97 Å². The van der Waals surface area contributed by atoms with Gasteiger partial charge in [0, 0.05) is 0 Å². The number of nitrogens with zero attached hydrogens (tertiary/aromatic N) is 1. The third-order valence-electron chi connectivity index (χ3n) is 4.73. The van der Waals surface area contributed by atoms with E-state index in [2.05, 4.69) is 39.8 Å². The van der Waals surface area contributed by atoms with Crippen molar-refractivity contribution in [2.75, 3.05) is 6.61 Å². The lowest BCUT2D eigenvalue weighted by Gasteiger charge is -2.53. The highest BCUT2D eigenvalue weighted by atomic mass is 16.7. The summed E-state index contributed by atoms with van der Waals surface area (Å²) in [7, 11) is 0. The van der Waals surface area contributed by atoms with Crippen LogP contribution in [-0.2, 0) is 14.4 Å². The molecule has 1 saturated heterocycles. The predicted molar refractivity (Wildman–Crippen MR) is 95.4 cm³/mol. The number of hydroxylamine groups is 2. The molecule has 1 aliphatic rings. The van der Waals surface area contributed by atoms with Crippen LogP contribution in [0.2, 0.25) is 0 Å². The van der Waals surface area contributed by atoms with Crippen LogP contribution in [0.15, 0.2) is 30.3 Å². The molecular formula is C20H31NO3. The number of cyclic esters (lactones) is 1. The molecule has 0 N–H and O–H groups in total. The van der Waals surface area contributed by atoms with E-state index < -0.39 is 5.54 Å². The quantitative estimate of drug-likeness (QED) is 0.681. The monoisotopic (exact) mass is 333 g/mol. The van der Waals surface area contributed by atoms with E-state index in [9.17, 15) is 4.79 Å². The van der Waals surface area contributed by atoms with Gasteiger partial charge in [0.1, 0.15) is 18.2 Å². The number of carbonyl (C=O) groups excluding carboxylic acids is 1. The highest BCUT2D eigenvalue weighted by Gasteiger charge is 2.55. The molecule has 0 bridgehead atoms. The Kier molecular flexibility index (Phi) is 6.05. The maximum absolute atomic E-state index is 12.8. The first kappa shape index (κ1) is 18.9. The van der Waals surface area contributed by atoms with Gasteiger partial charge in [0.2, 0.25) is 0 Å². The molecule has 1 heterocycles. The van der Waals surface area contributed by atoms with Crippen LogP contribution in [0.1, 0.15) is 72.0 Å². The third kappa shape index (κ3) is 3.65. The van der Waals surface area contributed by atoms with Gasteiger partial charge in [-0.25, -0.2) is 4.79 Å². The van der Waals surface area contributed by atoms with Crippen molar-refractivity contribution in [2.24, 2.45) is 0 Å². The lowest BCUT2D eigenvalue weighted by molar-refractivity contribution is -0.321. The molecule has 1 atom stereocenters. The Hall–Kier alpha value is -1.39. The summed E-state index contributed by atoms with van der Waals surface area (Å²) in [6.45, 7) is 10.8. The Labute approximate surface area is 146 Å². The second-order valence-corrected chi connectivity index (χ2v) is 7.37. The van der Waals surface area contributed by atoms with E-state index in [4.69, 9.17) is 9.57 Å². The fourth-order valence-corrected chi connectivity index (χ4v) is 3.64. The molecule has 1 unspecified atom stereocenters. The average molecular weight is 333 g/mol. The molecule has 0 saturated carbocycles. The molecule has 0 aliphatic carbocycles. The van der Waals surface area contributed by atoms with Crippen LogP contribution in [0.25, 0.3) is 0 Å². The van der Waals surface area contributed by atoms with Crippen LogP contribution in [0.4, 0.5) is 0 Å². The Morgan fingerprint density at radius 1 is 1.17 bits per heavy atom. The zero-order valence-corrected chi connectivity index (χ0v) is 15.7. The summed E-state index contributed by atoms with van der Waals surface area (Å²) in [5.41, 5.74) is 0.0457. The fraction of sp³-hybridized carbons (Fsp3) is 0.650. The second-order valence-electron chi connectivity index (χ2n) is 7.37. The van der Waals surface area contributed by atoms with Crippen molar-refractivity contribution in [3.8, 4) is 0 Å². The van der Waals surface area contributed by atoms with Gasteiger partial charge in [0.15, 0.2) is 0 Å². The summed E-state index contributed by atoms with van der Waals surface area (Å²) >= 11 is 0. The number of hydrogen-bond acceptors (Lipinski definition) is 4. The van der Waals surface area contributed by atoms with Crippen molar-refractivity contribution in [2.45, 2.75) is 77.5 Å². The first-order chi connectivity index (χ1) is 11.4. The molecule has 1 fully saturated rings. The van der Waals surface area contributed by atoms with E-state index in [1.54, 1.807) is 0 Å². The highest BCUT2D eigenvalue weighted by Crippen LogP contribution is 2.40. The Morgan fingerprint density at radius 2 is 1.75 bits per heavy atom. The molecule has 0 radical (unpaired) electrons. The molecule has 1 aromatic rings. The summed E-state index contributed by atoms with van der Waals surface area (Å²) in [6.07, 6.45) is 3.18. The zero-order valence-electron chi connectivity index (χ0n) is 15.7. The molecule has 24 heavy (non-hydrogen) atoms. The number of carbonyl (C=O) groups is 1. The molecule has 0 aromatic heterocycles. The highest BCUT2D eigenvalue weighted by molar-refractivity contribution is 5.81. The van der Waals surface area contributed by atoms with Crippen molar-refractivity contribution in [3.63, 3.8) is 0 Å². The van der Waals surface area contributed by atoms with Crippen molar-refractivity contribution in [1.29, 1.82) is 0 Å². The van der Waals surface area contributed by atoms with E-state index >= 15 is 0 Å². The molecule has 0 amide bonds. The summed E-state index contributed by atoms with van der Waals surface area (Å²) in [5.74, 6) is -0.147. The summed E-state index contributed by atoms with van der Waals surface area (Å²) in [6, 6.07) is 10.1. The number of esters is 1. The van der Waals surface area contributed by atoms with E-state index in [-0.39, 0.29) is 17.6 Å². The van der Waals surface area contributed by atoms with Crippen LogP contribution in [0.5, 0.6) is 0 Å². The minimum absolute atomic E-state index is 0.121. The molecule has 1 aliphatic heterocycles. The average Bonchev–Trinajstić information content (AvgIpc) is 2.56. The summed E-state index contributed by atoms with van der Waals surface area (Å²) < 4.78 is 5.57. The van der Waals surface area contributed by atoms with Crippen LogP contribution in [-0.4, -0.2) is 28.7 Å². The lowest BCUT2D eigenvalue weighted by atomic mass is 9.83. The number of ether oxygens (including phenoxy) is 1. The van der Waals surface area contributed by atoms with Crippen molar-refractivity contribution in [1.82, 2.24) is 5.06 Å². The van der Waals surface area contributed by atoms with Gasteiger partial charge in [-0.3, -0.25) is 4.84 Å². The van der Waals surface area contributed by atoms with E-state index in [0.29, 0.717) is 6.61 Å². The van der Waals surface area contributed by atoms with Crippen LogP contribution >= 0.6 is 0 Å². The molecule has 2 rings (SSSR count). The lowest BCUT2D eigenvalue weighted by Crippen LogP contribution is -2.68. The number of rotatable bonds is 7. The first-order valence-corrected chi connectivity index (χ1v) is 9.06. The van der Waals surface area contributed by atoms with E-state index in [1.807, 2.05) is 30.2 Å². The maximum Gasteiger partial charge on any atom is 0.329 e. The minimum Gasteiger partial charge on any atom is -0.462 e. The van der Waals surface area contributed by atoms with Gasteiger partial charge in [-0.15, -0.1) is 0 Å². The standard InChI is InChI=1S/C20H31NO3/c1-6-13-20(14-7-2)18(22)23-15-19(4,5)21(20)24-16(3)17-11-9-8-10-12-17/h8-12,16H,6-7,13-15H2,1-5H3. The SMILES string of the molecule is CCCC1(CCC)C(=O)OCC(C)(C)N1OC(C)c1ccccc1. The van der Waals surface area contributed by atoms with Gasteiger partial charge in [-0.1, -0.05) is 57.0 Å². The van der Waals surface area contributed by atoms with Crippen LogP contribution < -0.4 is 0 Å². The van der Waals surface area contributed by atoms with Gasteiger partial charge in [0.25, 0.3) is 0 Å². The minimum atomic E-state index is -0.700. The molecule has 134 valence electrons. The molecule has 0 spiro atoms. The normalized spacial score (nSPS) is 21.3. The van der Waals surface area contributed by atoms with E-state index in [0.717, 1.165) is 31.2 Å². The predicted octanol–water partition coefficient (Wildman–Crippen LogP) is 4.66. The van der Waals surface area contributed by atoms with Crippen molar-refractivity contribution < 1.29 is 14.4 Å². The van der Waals surface area contributed by atoms with Gasteiger partial charge < -0.3 is 4.74 Å². The Bertz CT molecular complexity index is 535. The van der Waals surface area contributed by atoms with Crippen LogP contribution in [0, 0.1) is 0 Å². The Morgan fingerprint density at radius 3 is 2.29 bits per heavy atom. The zero-order chi connectivity index (χ0) is 17.8. The summed E-state index contributed by atoms with van der Waals surface area (Å²) in [5, 5.41) is 1.95. The van der Waals surface area contributed by atoms with Crippen molar-refractivity contribution >= 4 is 5.97 Å². The number of hydrogen-bond donors (Lipinski definition) is 0. The third-order valence-corrected chi connectivity index (χ3v) is 4.73. The topological polar surface area (TPSA) is 38.8 Å². The van der Waals surface area contributed by atoms with Crippen LogP contribution in [0.3, 0.4) is 0 Å². The second kappa shape index (κ2) is 7.66. The molecule has 1 aromatic carbocycles. The number of morpholine rings is 1. The molecule has 4 nitrogen and oxygen atoms in total. The van der Waals surface area contributed by atoms with Crippen molar-refractivity contribution in [3.05, 3.63) is 35.9 Å². The molecular weight excluding hydrogens is 302 g/mol.